The van der Waals surface area contributed by atoms with Gasteiger partial charge in [0, 0.05) is 25.2 Å². The fourth-order valence-electron chi connectivity index (χ4n) is 1.26. The van der Waals surface area contributed by atoms with Crippen LogP contribution in [0.25, 0.3) is 0 Å². The van der Waals surface area contributed by atoms with E-state index in [0.717, 1.165) is 23.9 Å². The van der Waals surface area contributed by atoms with Gasteiger partial charge in [0.2, 0.25) is 0 Å². The van der Waals surface area contributed by atoms with Gasteiger partial charge in [-0.15, -0.1) is 0 Å². The summed E-state index contributed by atoms with van der Waals surface area (Å²) in [7, 11) is 1.30. The third-order valence-electron chi connectivity index (χ3n) is 1.97. The Labute approximate surface area is 109 Å². The maximum absolute atomic E-state index is 13.3. The largest absolute Gasteiger partial charge is 0.492 e. The molecule has 0 spiro atoms. The van der Waals surface area contributed by atoms with E-state index in [4.69, 9.17) is 4.74 Å². The SMILES string of the molecule is COc1c(F)cc(F)cc1C#CCCSC(C)=O. The Hall–Kier alpha value is -1.54. The molecule has 1 aromatic rings. The zero-order valence-electron chi connectivity index (χ0n) is 10.0. The van der Waals surface area contributed by atoms with Crippen LogP contribution in [0.4, 0.5) is 8.78 Å². The zero-order chi connectivity index (χ0) is 13.5. The average Bonchev–Trinajstić information content (AvgIpc) is 2.27. The van der Waals surface area contributed by atoms with Crippen molar-refractivity contribution in [2.24, 2.45) is 0 Å². The van der Waals surface area contributed by atoms with Gasteiger partial charge in [0.25, 0.3) is 0 Å². The molecule has 0 amide bonds. The van der Waals surface area contributed by atoms with Gasteiger partial charge in [-0.3, -0.25) is 4.79 Å². The molecule has 0 aromatic heterocycles. The lowest BCUT2D eigenvalue weighted by atomic mass is 10.2. The first-order chi connectivity index (χ1) is 8.54. The molecule has 0 saturated carbocycles. The monoisotopic (exact) mass is 270 g/mol. The Morgan fingerprint density at radius 2 is 2.17 bits per heavy atom. The highest BCUT2D eigenvalue weighted by molar-refractivity contribution is 8.13. The van der Waals surface area contributed by atoms with Gasteiger partial charge in [0.1, 0.15) is 5.82 Å². The zero-order valence-corrected chi connectivity index (χ0v) is 10.9. The first-order valence-corrected chi connectivity index (χ1v) is 6.18. The summed E-state index contributed by atoms with van der Waals surface area (Å²) < 4.78 is 31.1. The van der Waals surface area contributed by atoms with E-state index in [2.05, 4.69) is 11.8 Å². The molecule has 0 bridgehead atoms. The van der Waals surface area contributed by atoms with Crippen LogP contribution in [-0.4, -0.2) is 18.0 Å². The Bertz CT molecular complexity index is 504. The summed E-state index contributed by atoms with van der Waals surface area (Å²) >= 11 is 1.16. The van der Waals surface area contributed by atoms with Crippen LogP contribution in [0.2, 0.25) is 0 Å². The lowest BCUT2D eigenvalue weighted by Crippen LogP contribution is -1.94. The van der Waals surface area contributed by atoms with Gasteiger partial charge in [-0.05, 0) is 6.07 Å². The van der Waals surface area contributed by atoms with E-state index >= 15 is 0 Å². The molecule has 0 fully saturated rings. The summed E-state index contributed by atoms with van der Waals surface area (Å²) in [6.07, 6.45) is 0.464. The Morgan fingerprint density at radius 1 is 1.44 bits per heavy atom. The van der Waals surface area contributed by atoms with Gasteiger partial charge in [-0.1, -0.05) is 23.6 Å². The first kappa shape index (κ1) is 14.5. The van der Waals surface area contributed by atoms with E-state index in [1.165, 1.54) is 14.0 Å². The average molecular weight is 270 g/mol. The standard InChI is InChI=1S/C13H12F2O2S/c1-9(16)18-6-4-3-5-10-7-11(14)8-12(15)13(10)17-2/h7-8H,4,6H2,1-2H3. The third-order valence-corrected chi connectivity index (χ3v) is 2.78. The number of hydrogen-bond donors (Lipinski definition) is 0. The van der Waals surface area contributed by atoms with Gasteiger partial charge in [0.15, 0.2) is 16.7 Å². The molecular formula is C13H12F2O2S. The van der Waals surface area contributed by atoms with Gasteiger partial charge >= 0.3 is 0 Å². The smallest absolute Gasteiger partial charge is 0.185 e. The minimum Gasteiger partial charge on any atom is -0.492 e. The number of methoxy groups -OCH3 is 1. The molecule has 0 aliphatic carbocycles. The van der Waals surface area contributed by atoms with Crippen molar-refractivity contribution in [3.8, 4) is 17.6 Å². The van der Waals surface area contributed by atoms with Crippen molar-refractivity contribution in [2.45, 2.75) is 13.3 Å². The van der Waals surface area contributed by atoms with Gasteiger partial charge in [0.05, 0.1) is 12.7 Å². The molecule has 0 N–H and O–H groups in total. The van der Waals surface area contributed by atoms with Crippen molar-refractivity contribution < 1.29 is 18.3 Å². The predicted molar refractivity (Wildman–Crippen MR) is 67.5 cm³/mol. The molecule has 0 aliphatic rings. The van der Waals surface area contributed by atoms with Gasteiger partial charge < -0.3 is 4.74 Å². The van der Waals surface area contributed by atoms with Crippen molar-refractivity contribution in [1.82, 2.24) is 0 Å². The Morgan fingerprint density at radius 3 is 2.78 bits per heavy atom. The van der Waals surface area contributed by atoms with Crippen molar-refractivity contribution >= 4 is 16.9 Å². The third kappa shape index (κ3) is 4.38. The molecule has 0 heterocycles. The van der Waals surface area contributed by atoms with Crippen LogP contribution in [0.1, 0.15) is 18.9 Å². The van der Waals surface area contributed by atoms with Gasteiger partial charge in [-0.25, -0.2) is 8.78 Å². The fraction of sp³-hybridized carbons (Fsp3) is 0.308. The minimum atomic E-state index is -0.778. The molecule has 0 aliphatic heterocycles. The summed E-state index contributed by atoms with van der Waals surface area (Å²) in [5.41, 5.74) is 0.169. The van der Waals surface area contributed by atoms with Crippen LogP contribution in [0.5, 0.6) is 5.75 Å². The highest BCUT2D eigenvalue weighted by Gasteiger charge is 2.09. The van der Waals surface area contributed by atoms with Crippen molar-refractivity contribution in [2.75, 3.05) is 12.9 Å². The number of halogens is 2. The number of thioether (sulfide) groups is 1. The maximum Gasteiger partial charge on any atom is 0.185 e. The summed E-state index contributed by atoms with van der Waals surface area (Å²) in [6.45, 7) is 1.48. The molecule has 0 saturated heterocycles. The molecule has 1 rings (SSSR count). The highest BCUT2D eigenvalue weighted by atomic mass is 32.2. The van der Waals surface area contributed by atoms with Crippen LogP contribution < -0.4 is 4.74 Å². The number of hydrogen-bond acceptors (Lipinski definition) is 3. The van der Waals surface area contributed by atoms with Crippen LogP contribution in [0, 0.1) is 23.5 Å². The molecule has 0 unspecified atom stereocenters. The molecule has 1 aromatic carbocycles. The Balaban J connectivity index is 2.77. The van der Waals surface area contributed by atoms with Gasteiger partial charge in [-0.2, -0.15) is 0 Å². The second-order valence-electron chi connectivity index (χ2n) is 3.36. The Kier molecular flexibility index (Phi) is 5.66. The summed E-state index contributed by atoms with van der Waals surface area (Å²) in [4.78, 5) is 10.7. The van der Waals surface area contributed by atoms with Crippen LogP contribution in [0.3, 0.4) is 0 Å². The van der Waals surface area contributed by atoms with E-state index in [9.17, 15) is 13.6 Å². The quantitative estimate of drug-likeness (QED) is 0.624. The molecule has 2 nitrogen and oxygen atoms in total. The van der Waals surface area contributed by atoms with Crippen molar-refractivity contribution in [3.05, 3.63) is 29.3 Å². The number of carbonyl (C=O) groups is 1. The number of ether oxygens (including phenoxy) is 1. The topological polar surface area (TPSA) is 26.3 Å². The van der Waals surface area contributed by atoms with E-state index in [1.54, 1.807) is 0 Å². The number of carbonyl (C=O) groups excluding carboxylic acids is 1. The molecule has 0 atom stereocenters. The number of benzene rings is 1. The molecule has 18 heavy (non-hydrogen) atoms. The highest BCUT2D eigenvalue weighted by Crippen LogP contribution is 2.23. The summed E-state index contributed by atoms with van der Waals surface area (Å²) in [5, 5.41) is 0.0196. The molecule has 96 valence electrons. The van der Waals surface area contributed by atoms with E-state index in [-0.39, 0.29) is 16.4 Å². The molecule has 0 radical (unpaired) electrons. The maximum atomic E-state index is 13.3. The van der Waals surface area contributed by atoms with E-state index < -0.39 is 11.6 Å². The normalized spacial score (nSPS) is 9.56. The predicted octanol–water partition coefficient (Wildman–Crippen LogP) is 2.99. The number of rotatable bonds is 3. The van der Waals surface area contributed by atoms with Crippen LogP contribution in [-0.2, 0) is 4.79 Å². The van der Waals surface area contributed by atoms with Crippen LogP contribution >= 0.6 is 11.8 Å². The van der Waals surface area contributed by atoms with Crippen molar-refractivity contribution in [3.63, 3.8) is 0 Å². The molecule has 5 heteroatoms. The van der Waals surface area contributed by atoms with E-state index in [0.29, 0.717) is 12.2 Å². The lowest BCUT2D eigenvalue weighted by molar-refractivity contribution is -0.109. The first-order valence-electron chi connectivity index (χ1n) is 5.20. The van der Waals surface area contributed by atoms with Crippen molar-refractivity contribution in [1.29, 1.82) is 0 Å². The minimum absolute atomic E-state index is 0.0196. The fourth-order valence-corrected chi connectivity index (χ4v) is 1.76. The molecular weight excluding hydrogens is 258 g/mol. The second kappa shape index (κ2) is 7.02. The summed E-state index contributed by atoms with van der Waals surface area (Å²) in [6, 6.07) is 1.86. The van der Waals surface area contributed by atoms with E-state index in [1.807, 2.05) is 0 Å². The van der Waals surface area contributed by atoms with Crippen LogP contribution in [0.15, 0.2) is 12.1 Å². The summed E-state index contributed by atoms with van der Waals surface area (Å²) in [5.74, 6) is 4.40. The lowest BCUT2D eigenvalue weighted by Gasteiger charge is -2.04. The second-order valence-corrected chi connectivity index (χ2v) is 4.63.